The lowest BCUT2D eigenvalue weighted by Gasteiger charge is -2.31. The van der Waals surface area contributed by atoms with Crippen molar-refractivity contribution in [1.29, 1.82) is 0 Å². The third kappa shape index (κ3) is 2.93. The third-order valence-electron chi connectivity index (χ3n) is 3.10. The smallest absolute Gasteiger partial charge is 0.129 e. The van der Waals surface area contributed by atoms with Gasteiger partial charge in [-0.15, -0.1) is 0 Å². The molecule has 0 aromatic heterocycles. The van der Waals surface area contributed by atoms with Crippen LogP contribution in [0.3, 0.4) is 0 Å². The second kappa shape index (κ2) is 5.54. The quantitative estimate of drug-likeness (QED) is 0.900. The monoisotopic (exact) mass is 281 g/mol. The van der Waals surface area contributed by atoms with E-state index in [1.54, 1.807) is 0 Å². The maximum absolute atomic E-state index is 13.8. The fourth-order valence-corrected chi connectivity index (χ4v) is 1.96. The lowest BCUT2D eigenvalue weighted by Crippen LogP contribution is -2.37. The first-order chi connectivity index (χ1) is 9.44. The summed E-state index contributed by atoms with van der Waals surface area (Å²) >= 11 is 0. The summed E-state index contributed by atoms with van der Waals surface area (Å²) in [5, 5.41) is 12.4. The van der Waals surface area contributed by atoms with Gasteiger partial charge in [-0.25, -0.2) is 13.2 Å². The molecule has 0 aliphatic carbocycles. The number of hydrogen-bond donors (Lipinski definition) is 2. The van der Waals surface area contributed by atoms with Crippen molar-refractivity contribution in [2.45, 2.75) is 12.5 Å². The Labute approximate surface area is 114 Å². The highest BCUT2D eigenvalue weighted by Gasteiger charge is 2.29. The van der Waals surface area contributed by atoms with E-state index in [1.807, 2.05) is 0 Å². The predicted octanol–water partition coefficient (Wildman–Crippen LogP) is 3.42. The van der Waals surface area contributed by atoms with Crippen molar-refractivity contribution in [3.05, 3.63) is 65.5 Å². The average Bonchev–Trinajstić information content (AvgIpc) is 2.44. The molecule has 5 heteroatoms. The molecule has 106 valence electrons. The Morgan fingerprint density at radius 2 is 1.60 bits per heavy atom. The van der Waals surface area contributed by atoms with Crippen LogP contribution in [-0.4, -0.2) is 11.7 Å². The third-order valence-corrected chi connectivity index (χ3v) is 3.10. The lowest BCUT2D eigenvalue weighted by atomic mass is 9.91. The van der Waals surface area contributed by atoms with Gasteiger partial charge < -0.3 is 10.4 Å². The van der Waals surface area contributed by atoms with Crippen molar-refractivity contribution in [1.82, 2.24) is 0 Å². The number of aliphatic hydroxyl groups is 1. The van der Waals surface area contributed by atoms with E-state index in [-0.39, 0.29) is 5.56 Å². The van der Waals surface area contributed by atoms with Gasteiger partial charge in [0, 0.05) is 11.3 Å². The maximum atomic E-state index is 13.8. The Morgan fingerprint density at radius 1 is 1.00 bits per heavy atom. The van der Waals surface area contributed by atoms with Crippen LogP contribution in [-0.2, 0) is 5.54 Å². The van der Waals surface area contributed by atoms with Crippen LogP contribution in [0.25, 0.3) is 0 Å². The molecule has 0 bridgehead atoms. The molecule has 0 saturated heterocycles. The van der Waals surface area contributed by atoms with Crippen LogP contribution in [0.5, 0.6) is 0 Å². The van der Waals surface area contributed by atoms with Crippen molar-refractivity contribution in [3.8, 4) is 0 Å². The zero-order valence-electron chi connectivity index (χ0n) is 10.8. The summed E-state index contributed by atoms with van der Waals surface area (Å²) in [4.78, 5) is 0. The molecule has 2 rings (SSSR count). The largest absolute Gasteiger partial charge is 0.394 e. The number of aliphatic hydroxyl groups excluding tert-OH is 1. The van der Waals surface area contributed by atoms with Crippen LogP contribution in [0.1, 0.15) is 12.5 Å². The summed E-state index contributed by atoms with van der Waals surface area (Å²) in [6.45, 7) is 1.08. The fourth-order valence-electron chi connectivity index (χ4n) is 1.96. The molecule has 0 heterocycles. The standard InChI is InChI=1S/C15H14F3NO/c1-15(9-20,13-8-11(17)4-7-14(13)18)19-12-5-2-10(16)3-6-12/h2-8,19-20H,9H2,1H3. The summed E-state index contributed by atoms with van der Waals surface area (Å²) in [6.07, 6.45) is 0. The van der Waals surface area contributed by atoms with Gasteiger partial charge in [-0.1, -0.05) is 0 Å². The van der Waals surface area contributed by atoms with E-state index in [2.05, 4.69) is 5.32 Å². The molecule has 2 N–H and O–H groups in total. The Morgan fingerprint density at radius 3 is 2.20 bits per heavy atom. The zero-order valence-corrected chi connectivity index (χ0v) is 10.8. The molecule has 2 aromatic rings. The van der Waals surface area contributed by atoms with E-state index in [4.69, 9.17) is 0 Å². The van der Waals surface area contributed by atoms with Crippen molar-refractivity contribution in [2.75, 3.05) is 11.9 Å². The van der Waals surface area contributed by atoms with Gasteiger partial charge in [0.1, 0.15) is 17.5 Å². The molecule has 0 aliphatic rings. The van der Waals surface area contributed by atoms with Crippen LogP contribution in [0.4, 0.5) is 18.9 Å². The van der Waals surface area contributed by atoms with Gasteiger partial charge in [-0.3, -0.25) is 0 Å². The first kappa shape index (κ1) is 14.4. The van der Waals surface area contributed by atoms with E-state index in [1.165, 1.54) is 31.2 Å². The Hall–Kier alpha value is -2.01. The van der Waals surface area contributed by atoms with Gasteiger partial charge in [-0.2, -0.15) is 0 Å². The number of rotatable bonds is 4. The Bertz CT molecular complexity index is 601. The van der Waals surface area contributed by atoms with Gasteiger partial charge in [0.2, 0.25) is 0 Å². The minimum Gasteiger partial charge on any atom is -0.394 e. The first-order valence-electron chi connectivity index (χ1n) is 6.05. The number of anilines is 1. The summed E-state index contributed by atoms with van der Waals surface area (Å²) < 4.78 is 40.0. The number of nitrogens with one attached hydrogen (secondary N) is 1. The van der Waals surface area contributed by atoms with Crippen LogP contribution >= 0.6 is 0 Å². The second-order valence-corrected chi connectivity index (χ2v) is 4.75. The van der Waals surface area contributed by atoms with Crippen LogP contribution in [0, 0.1) is 17.5 Å². The second-order valence-electron chi connectivity index (χ2n) is 4.75. The van der Waals surface area contributed by atoms with E-state index in [0.29, 0.717) is 5.69 Å². The Kier molecular flexibility index (Phi) is 3.99. The van der Waals surface area contributed by atoms with Gasteiger partial charge in [-0.05, 0) is 49.4 Å². The molecular weight excluding hydrogens is 267 g/mol. The van der Waals surface area contributed by atoms with Crippen LogP contribution in [0.15, 0.2) is 42.5 Å². The molecule has 0 saturated carbocycles. The molecule has 0 amide bonds. The maximum Gasteiger partial charge on any atom is 0.129 e. The highest BCUT2D eigenvalue weighted by Crippen LogP contribution is 2.28. The molecule has 2 aromatic carbocycles. The van der Waals surface area contributed by atoms with E-state index in [0.717, 1.165) is 18.2 Å². The van der Waals surface area contributed by atoms with Crippen molar-refractivity contribution in [2.24, 2.45) is 0 Å². The molecule has 0 radical (unpaired) electrons. The van der Waals surface area contributed by atoms with Crippen LogP contribution < -0.4 is 5.32 Å². The summed E-state index contributed by atoms with van der Waals surface area (Å²) in [5.41, 5.74) is -0.722. The fraction of sp³-hybridized carbons (Fsp3) is 0.200. The zero-order chi connectivity index (χ0) is 14.8. The molecule has 20 heavy (non-hydrogen) atoms. The van der Waals surface area contributed by atoms with Gasteiger partial charge in [0.05, 0.1) is 12.1 Å². The van der Waals surface area contributed by atoms with Gasteiger partial charge >= 0.3 is 0 Å². The summed E-state index contributed by atoms with van der Waals surface area (Å²) in [6, 6.07) is 8.44. The van der Waals surface area contributed by atoms with Crippen LogP contribution in [0.2, 0.25) is 0 Å². The normalized spacial score (nSPS) is 13.8. The van der Waals surface area contributed by atoms with Gasteiger partial charge in [0.15, 0.2) is 0 Å². The van der Waals surface area contributed by atoms with Crippen molar-refractivity contribution >= 4 is 5.69 Å². The van der Waals surface area contributed by atoms with Gasteiger partial charge in [0.25, 0.3) is 0 Å². The van der Waals surface area contributed by atoms with E-state index in [9.17, 15) is 18.3 Å². The lowest BCUT2D eigenvalue weighted by molar-refractivity contribution is 0.220. The first-order valence-corrected chi connectivity index (χ1v) is 6.05. The predicted molar refractivity (Wildman–Crippen MR) is 70.8 cm³/mol. The number of halogens is 3. The highest BCUT2D eigenvalue weighted by molar-refractivity contribution is 5.48. The van der Waals surface area contributed by atoms with Crippen molar-refractivity contribution < 1.29 is 18.3 Å². The SMILES string of the molecule is CC(CO)(Nc1ccc(F)cc1)c1cc(F)ccc1F. The average molecular weight is 281 g/mol. The highest BCUT2D eigenvalue weighted by atomic mass is 19.1. The molecule has 0 fully saturated rings. The summed E-state index contributed by atoms with van der Waals surface area (Å²) in [5.74, 6) is -1.63. The molecular formula is C15H14F3NO. The molecule has 1 unspecified atom stereocenters. The topological polar surface area (TPSA) is 32.3 Å². The molecule has 0 spiro atoms. The molecule has 0 aliphatic heterocycles. The Balaban J connectivity index is 2.37. The minimum atomic E-state index is -1.22. The number of benzene rings is 2. The van der Waals surface area contributed by atoms with E-state index < -0.39 is 29.6 Å². The minimum absolute atomic E-state index is 0.00400. The van der Waals surface area contributed by atoms with Crippen molar-refractivity contribution in [3.63, 3.8) is 0 Å². The van der Waals surface area contributed by atoms with E-state index >= 15 is 0 Å². The summed E-state index contributed by atoms with van der Waals surface area (Å²) in [7, 11) is 0. The molecule has 1 atom stereocenters. The molecule has 2 nitrogen and oxygen atoms in total. The number of hydrogen-bond acceptors (Lipinski definition) is 2.